The monoisotopic (exact) mass is 284 g/mol. The summed E-state index contributed by atoms with van der Waals surface area (Å²) in [5, 5.41) is 0. The van der Waals surface area contributed by atoms with Gasteiger partial charge in [0.15, 0.2) is 5.78 Å². The second kappa shape index (κ2) is 7.30. The van der Waals surface area contributed by atoms with Crippen LogP contribution in [0.25, 0.3) is 0 Å². The SMILES string of the molecule is CCCCc1ccc(C(=O)c2ccccc2SC)cc1. The molecule has 104 valence electrons. The highest BCUT2D eigenvalue weighted by Crippen LogP contribution is 2.23. The third-order valence-electron chi connectivity index (χ3n) is 3.39. The summed E-state index contributed by atoms with van der Waals surface area (Å²) in [6.07, 6.45) is 5.48. The second-order valence-corrected chi connectivity index (χ2v) is 5.68. The molecule has 2 rings (SSSR count). The molecule has 0 spiro atoms. The van der Waals surface area contributed by atoms with Crippen LogP contribution in [0.1, 0.15) is 41.3 Å². The van der Waals surface area contributed by atoms with Crippen molar-refractivity contribution in [3.8, 4) is 0 Å². The molecule has 1 nitrogen and oxygen atoms in total. The van der Waals surface area contributed by atoms with Crippen molar-refractivity contribution in [3.63, 3.8) is 0 Å². The van der Waals surface area contributed by atoms with E-state index in [1.807, 2.05) is 42.7 Å². The second-order valence-electron chi connectivity index (χ2n) is 4.83. The van der Waals surface area contributed by atoms with Gasteiger partial charge < -0.3 is 0 Å². The summed E-state index contributed by atoms with van der Waals surface area (Å²) in [6.45, 7) is 2.19. The molecule has 0 radical (unpaired) electrons. The predicted molar refractivity (Wildman–Crippen MR) is 86.7 cm³/mol. The third kappa shape index (κ3) is 3.51. The average Bonchev–Trinajstić information content (AvgIpc) is 2.52. The Labute approximate surface area is 125 Å². The number of thioether (sulfide) groups is 1. The number of hydrogen-bond donors (Lipinski definition) is 0. The molecule has 0 heterocycles. The van der Waals surface area contributed by atoms with E-state index in [2.05, 4.69) is 19.1 Å². The van der Waals surface area contributed by atoms with Gasteiger partial charge >= 0.3 is 0 Å². The predicted octanol–water partition coefficient (Wildman–Crippen LogP) is 4.98. The molecule has 0 aliphatic rings. The van der Waals surface area contributed by atoms with Crippen LogP contribution in [-0.2, 0) is 6.42 Å². The third-order valence-corrected chi connectivity index (χ3v) is 4.18. The zero-order valence-electron chi connectivity index (χ0n) is 12.1. The van der Waals surface area contributed by atoms with Gasteiger partial charge in [-0.2, -0.15) is 0 Å². The van der Waals surface area contributed by atoms with E-state index in [4.69, 9.17) is 0 Å². The summed E-state index contributed by atoms with van der Waals surface area (Å²) >= 11 is 1.61. The zero-order chi connectivity index (χ0) is 14.4. The van der Waals surface area contributed by atoms with E-state index in [0.717, 1.165) is 22.4 Å². The molecule has 2 heteroatoms. The fourth-order valence-electron chi connectivity index (χ4n) is 2.19. The Hall–Kier alpha value is -1.54. The Balaban J connectivity index is 2.20. The number of aryl methyl sites for hydroxylation is 1. The highest BCUT2D eigenvalue weighted by Gasteiger charge is 2.12. The van der Waals surface area contributed by atoms with Crippen LogP contribution in [0, 0.1) is 0 Å². The summed E-state index contributed by atoms with van der Waals surface area (Å²) in [7, 11) is 0. The number of rotatable bonds is 6. The maximum Gasteiger partial charge on any atom is 0.194 e. The van der Waals surface area contributed by atoms with E-state index in [9.17, 15) is 4.79 Å². The van der Waals surface area contributed by atoms with Gasteiger partial charge in [-0.05, 0) is 36.8 Å². The van der Waals surface area contributed by atoms with Gasteiger partial charge in [0.05, 0.1) is 0 Å². The van der Waals surface area contributed by atoms with E-state index >= 15 is 0 Å². The first-order valence-corrected chi connectivity index (χ1v) is 8.25. The Morgan fingerprint density at radius 1 is 1.05 bits per heavy atom. The molecule has 0 bridgehead atoms. The van der Waals surface area contributed by atoms with Crippen molar-refractivity contribution in [3.05, 3.63) is 65.2 Å². The van der Waals surface area contributed by atoms with Gasteiger partial charge in [0.1, 0.15) is 0 Å². The minimum absolute atomic E-state index is 0.108. The van der Waals surface area contributed by atoms with Gasteiger partial charge in [-0.3, -0.25) is 4.79 Å². The van der Waals surface area contributed by atoms with Crippen molar-refractivity contribution in [2.75, 3.05) is 6.26 Å². The first-order valence-electron chi connectivity index (χ1n) is 7.03. The zero-order valence-corrected chi connectivity index (χ0v) is 12.9. The van der Waals surface area contributed by atoms with Crippen molar-refractivity contribution >= 4 is 17.5 Å². The lowest BCUT2D eigenvalue weighted by atomic mass is 10.0. The number of hydrogen-bond acceptors (Lipinski definition) is 2. The molecule has 0 saturated carbocycles. The Kier molecular flexibility index (Phi) is 5.42. The van der Waals surface area contributed by atoms with E-state index in [-0.39, 0.29) is 5.78 Å². The Morgan fingerprint density at radius 2 is 1.75 bits per heavy atom. The van der Waals surface area contributed by atoms with Gasteiger partial charge in [0.2, 0.25) is 0 Å². The summed E-state index contributed by atoms with van der Waals surface area (Å²) in [4.78, 5) is 13.6. The Morgan fingerprint density at radius 3 is 2.40 bits per heavy atom. The molecule has 0 amide bonds. The minimum Gasteiger partial charge on any atom is -0.289 e. The van der Waals surface area contributed by atoms with Crippen LogP contribution < -0.4 is 0 Å². The summed E-state index contributed by atoms with van der Waals surface area (Å²) in [5.74, 6) is 0.108. The number of benzene rings is 2. The standard InChI is InChI=1S/C18H20OS/c1-3-4-7-14-10-12-15(13-11-14)18(19)16-8-5-6-9-17(16)20-2/h5-6,8-13H,3-4,7H2,1-2H3. The summed E-state index contributed by atoms with van der Waals surface area (Å²) in [5.41, 5.74) is 2.87. The highest BCUT2D eigenvalue weighted by molar-refractivity contribution is 7.98. The van der Waals surface area contributed by atoms with Gasteiger partial charge in [0, 0.05) is 16.0 Å². The molecule has 0 aromatic heterocycles. The largest absolute Gasteiger partial charge is 0.289 e. The molecule has 0 N–H and O–H groups in total. The first-order chi connectivity index (χ1) is 9.76. The summed E-state index contributed by atoms with van der Waals surface area (Å²) in [6, 6.07) is 15.8. The maximum absolute atomic E-state index is 12.5. The Bertz CT molecular complexity index is 572. The van der Waals surface area contributed by atoms with Gasteiger partial charge in [-0.15, -0.1) is 11.8 Å². The number of carbonyl (C=O) groups excluding carboxylic acids is 1. The highest BCUT2D eigenvalue weighted by atomic mass is 32.2. The maximum atomic E-state index is 12.5. The molecule has 0 atom stereocenters. The van der Waals surface area contributed by atoms with Crippen molar-refractivity contribution in [1.29, 1.82) is 0 Å². The molecule has 0 unspecified atom stereocenters. The van der Waals surface area contributed by atoms with Gasteiger partial charge in [0.25, 0.3) is 0 Å². The molecule has 20 heavy (non-hydrogen) atoms. The first kappa shape index (κ1) is 14.9. The number of ketones is 1. The van der Waals surface area contributed by atoms with Crippen molar-refractivity contribution in [2.24, 2.45) is 0 Å². The lowest BCUT2D eigenvalue weighted by Gasteiger charge is -2.07. The smallest absolute Gasteiger partial charge is 0.194 e. The van der Waals surface area contributed by atoms with E-state index in [1.165, 1.54) is 18.4 Å². The molecule has 0 fully saturated rings. The summed E-state index contributed by atoms with van der Waals surface area (Å²) < 4.78 is 0. The van der Waals surface area contributed by atoms with E-state index < -0.39 is 0 Å². The topological polar surface area (TPSA) is 17.1 Å². The number of unbranched alkanes of at least 4 members (excludes halogenated alkanes) is 1. The van der Waals surface area contributed by atoms with Crippen molar-refractivity contribution < 1.29 is 4.79 Å². The van der Waals surface area contributed by atoms with Crippen LogP contribution in [0.2, 0.25) is 0 Å². The van der Waals surface area contributed by atoms with Crippen LogP contribution in [0.5, 0.6) is 0 Å². The van der Waals surface area contributed by atoms with Crippen molar-refractivity contribution in [1.82, 2.24) is 0 Å². The van der Waals surface area contributed by atoms with Crippen LogP contribution >= 0.6 is 11.8 Å². The molecule has 0 saturated heterocycles. The molecular weight excluding hydrogens is 264 g/mol. The van der Waals surface area contributed by atoms with Gasteiger partial charge in [-0.25, -0.2) is 0 Å². The van der Waals surface area contributed by atoms with E-state index in [0.29, 0.717) is 0 Å². The molecule has 2 aromatic rings. The van der Waals surface area contributed by atoms with Crippen LogP contribution in [-0.4, -0.2) is 12.0 Å². The fourth-order valence-corrected chi connectivity index (χ4v) is 2.79. The van der Waals surface area contributed by atoms with Crippen LogP contribution in [0.4, 0.5) is 0 Å². The lowest BCUT2D eigenvalue weighted by Crippen LogP contribution is -2.03. The lowest BCUT2D eigenvalue weighted by molar-refractivity contribution is 0.103. The number of carbonyl (C=O) groups is 1. The fraction of sp³-hybridized carbons (Fsp3) is 0.278. The quantitative estimate of drug-likeness (QED) is 0.549. The normalized spacial score (nSPS) is 10.5. The van der Waals surface area contributed by atoms with Crippen molar-refractivity contribution in [2.45, 2.75) is 31.1 Å². The minimum atomic E-state index is 0.108. The molecule has 2 aromatic carbocycles. The molecular formula is C18H20OS. The molecule has 0 aliphatic carbocycles. The molecule has 0 aliphatic heterocycles. The van der Waals surface area contributed by atoms with Gasteiger partial charge in [-0.1, -0.05) is 49.7 Å². The van der Waals surface area contributed by atoms with Crippen LogP contribution in [0.15, 0.2) is 53.4 Å². The average molecular weight is 284 g/mol. The van der Waals surface area contributed by atoms with Crippen LogP contribution in [0.3, 0.4) is 0 Å². The van der Waals surface area contributed by atoms with E-state index in [1.54, 1.807) is 11.8 Å².